The highest BCUT2D eigenvalue weighted by Gasteiger charge is 2.30. The van der Waals surface area contributed by atoms with Crippen LogP contribution in [0.15, 0.2) is 0 Å². The van der Waals surface area contributed by atoms with Crippen LogP contribution in [-0.2, 0) is 19.5 Å². The highest BCUT2D eigenvalue weighted by Crippen LogP contribution is 2.19. The van der Waals surface area contributed by atoms with E-state index < -0.39 is 15.6 Å². The van der Waals surface area contributed by atoms with Gasteiger partial charge in [-0.2, -0.15) is 0 Å². The van der Waals surface area contributed by atoms with E-state index in [0.717, 1.165) is 0 Å². The van der Waals surface area contributed by atoms with Gasteiger partial charge in [-0.1, -0.05) is 0 Å². The summed E-state index contributed by atoms with van der Waals surface area (Å²) in [6.45, 7) is 1.43. The van der Waals surface area contributed by atoms with Gasteiger partial charge in [-0.3, -0.25) is 0 Å². The molecule has 7 heteroatoms. The Kier molecular flexibility index (Phi) is 5.81. The van der Waals surface area contributed by atoms with Gasteiger partial charge in [-0.05, 0) is 6.42 Å². The number of hydrogen-bond acceptors (Lipinski definition) is 5. The van der Waals surface area contributed by atoms with Crippen LogP contribution in [0.25, 0.3) is 0 Å². The number of nitrogens with one attached hydrogen (secondary N) is 1. The van der Waals surface area contributed by atoms with E-state index in [1.54, 1.807) is 0 Å². The molecule has 0 unspecified atom stereocenters. The third kappa shape index (κ3) is 5.78. The van der Waals surface area contributed by atoms with E-state index in [4.69, 9.17) is 9.47 Å². The minimum absolute atomic E-state index is 0.0212. The number of hydrogen-bond donors (Lipinski definition) is 2. The van der Waals surface area contributed by atoms with Crippen LogP contribution in [0.2, 0.25) is 0 Å². The van der Waals surface area contributed by atoms with E-state index in [1.165, 1.54) is 7.11 Å². The zero-order valence-electron chi connectivity index (χ0n) is 10.1. The molecule has 0 spiro atoms. The second-order valence-electron chi connectivity index (χ2n) is 4.32. The standard InChI is InChI=1S/C10H21NO5S/c1-15-5-2-8-17(13,14)11-9-10(12)3-6-16-7-4-10/h11-12H,2-9H2,1H3. The van der Waals surface area contributed by atoms with Crippen molar-refractivity contribution in [2.24, 2.45) is 0 Å². The van der Waals surface area contributed by atoms with Crippen LogP contribution in [0.1, 0.15) is 19.3 Å². The fourth-order valence-corrected chi connectivity index (χ4v) is 2.77. The monoisotopic (exact) mass is 267 g/mol. The molecular weight excluding hydrogens is 246 g/mol. The van der Waals surface area contributed by atoms with Crippen molar-refractivity contribution >= 4 is 10.0 Å². The van der Waals surface area contributed by atoms with Crippen LogP contribution in [0.3, 0.4) is 0 Å². The van der Waals surface area contributed by atoms with Crippen molar-refractivity contribution in [1.29, 1.82) is 0 Å². The molecule has 0 aromatic rings. The normalized spacial score (nSPS) is 20.4. The van der Waals surface area contributed by atoms with Gasteiger partial charge in [0.1, 0.15) is 0 Å². The topological polar surface area (TPSA) is 84.9 Å². The Morgan fingerprint density at radius 3 is 2.65 bits per heavy atom. The van der Waals surface area contributed by atoms with E-state index in [-0.39, 0.29) is 12.3 Å². The molecule has 1 aliphatic heterocycles. The lowest BCUT2D eigenvalue weighted by atomic mass is 9.95. The highest BCUT2D eigenvalue weighted by molar-refractivity contribution is 7.89. The average molecular weight is 267 g/mol. The van der Waals surface area contributed by atoms with Crippen molar-refractivity contribution in [2.75, 3.05) is 39.2 Å². The number of rotatable bonds is 7. The van der Waals surface area contributed by atoms with Gasteiger partial charge in [0.2, 0.25) is 10.0 Å². The molecule has 102 valence electrons. The maximum Gasteiger partial charge on any atom is 0.211 e. The van der Waals surface area contributed by atoms with E-state index in [1.807, 2.05) is 0 Å². The van der Waals surface area contributed by atoms with Crippen molar-refractivity contribution in [3.63, 3.8) is 0 Å². The molecule has 0 atom stereocenters. The Hall–Kier alpha value is -0.210. The second kappa shape index (κ2) is 6.65. The predicted octanol–water partition coefficient (Wildman–Crippen LogP) is -0.516. The van der Waals surface area contributed by atoms with Crippen molar-refractivity contribution in [3.8, 4) is 0 Å². The number of ether oxygens (including phenoxy) is 2. The predicted molar refractivity (Wildman–Crippen MR) is 63.3 cm³/mol. The van der Waals surface area contributed by atoms with Crippen LogP contribution >= 0.6 is 0 Å². The molecule has 1 saturated heterocycles. The zero-order chi connectivity index (χ0) is 12.8. The van der Waals surface area contributed by atoms with Gasteiger partial charge in [0.15, 0.2) is 0 Å². The van der Waals surface area contributed by atoms with Crippen LogP contribution in [-0.4, -0.2) is 58.4 Å². The molecule has 0 saturated carbocycles. The van der Waals surface area contributed by atoms with E-state index in [2.05, 4.69) is 4.72 Å². The molecule has 2 N–H and O–H groups in total. The van der Waals surface area contributed by atoms with Gasteiger partial charge >= 0.3 is 0 Å². The Balaban J connectivity index is 2.32. The molecule has 0 aromatic carbocycles. The quantitative estimate of drug-likeness (QED) is 0.607. The lowest BCUT2D eigenvalue weighted by Crippen LogP contribution is -2.47. The minimum atomic E-state index is -3.32. The Bertz CT molecular complexity index is 311. The summed E-state index contributed by atoms with van der Waals surface area (Å²) in [7, 11) is -1.79. The van der Waals surface area contributed by atoms with Crippen molar-refractivity contribution in [1.82, 2.24) is 4.72 Å². The molecule has 0 amide bonds. The third-order valence-electron chi connectivity index (χ3n) is 2.81. The van der Waals surface area contributed by atoms with Crippen LogP contribution in [0.5, 0.6) is 0 Å². The molecule has 17 heavy (non-hydrogen) atoms. The summed E-state index contributed by atoms with van der Waals surface area (Å²) in [5, 5.41) is 10.1. The first-order valence-corrected chi connectivity index (χ1v) is 7.39. The molecular formula is C10H21NO5S. The van der Waals surface area contributed by atoms with E-state index >= 15 is 0 Å². The highest BCUT2D eigenvalue weighted by atomic mass is 32.2. The lowest BCUT2D eigenvalue weighted by Gasteiger charge is -2.31. The first-order chi connectivity index (χ1) is 7.97. The molecule has 1 heterocycles. The number of sulfonamides is 1. The lowest BCUT2D eigenvalue weighted by molar-refractivity contribution is -0.0588. The zero-order valence-corrected chi connectivity index (χ0v) is 11.0. The SMILES string of the molecule is COCCCS(=O)(=O)NCC1(O)CCOCC1. The summed E-state index contributed by atoms with van der Waals surface area (Å²) < 4.78 is 35.5. The Morgan fingerprint density at radius 2 is 2.06 bits per heavy atom. The molecule has 0 radical (unpaired) electrons. The van der Waals surface area contributed by atoms with Gasteiger partial charge in [-0.15, -0.1) is 0 Å². The summed E-state index contributed by atoms with van der Waals surface area (Å²) in [6.07, 6.45) is 1.38. The van der Waals surface area contributed by atoms with Gasteiger partial charge in [-0.25, -0.2) is 13.1 Å². The smallest absolute Gasteiger partial charge is 0.211 e. The molecule has 0 bridgehead atoms. The maximum absolute atomic E-state index is 11.6. The Labute approximate surface area is 102 Å². The van der Waals surface area contributed by atoms with Gasteiger partial charge < -0.3 is 14.6 Å². The largest absolute Gasteiger partial charge is 0.388 e. The van der Waals surface area contributed by atoms with Gasteiger partial charge in [0.25, 0.3) is 0 Å². The molecule has 0 aromatic heterocycles. The van der Waals surface area contributed by atoms with Crippen molar-refractivity contribution in [2.45, 2.75) is 24.9 Å². The molecule has 1 aliphatic rings. The van der Waals surface area contributed by atoms with Crippen LogP contribution < -0.4 is 4.72 Å². The van der Waals surface area contributed by atoms with Gasteiger partial charge in [0.05, 0.1) is 11.4 Å². The minimum Gasteiger partial charge on any atom is -0.388 e. The molecule has 1 rings (SSSR count). The third-order valence-corrected chi connectivity index (χ3v) is 4.22. The first-order valence-electron chi connectivity index (χ1n) is 5.74. The summed E-state index contributed by atoms with van der Waals surface area (Å²) in [5.41, 5.74) is -0.966. The Morgan fingerprint density at radius 1 is 1.41 bits per heavy atom. The van der Waals surface area contributed by atoms with Crippen LogP contribution in [0, 0.1) is 0 Å². The summed E-state index contributed by atoms with van der Waals surface area (Å²) in [6, 6.07) is 0. The van der Waals surface area contributed by atoms with Gasteiger partial charge in [0, 0.05) is 46.3 Å². The summed E-state index contributed by atoms with van der Waals surface area (Å²) in [5.74, 6) is 0.0212. The van der Waals surface area contributed by atoms with E-state index in [9.17, 15) is 13.5 Å². The maximum atomic E-state index is 11.6. The first kappa shape index (κ1) is 14.8. The molecule has 1 fully saturated rings. The molecule has 6 nitrogen and oxygen atoms in total. The number of aliphatic hydroxyl groups is 1. The average Bonchev–Trinajstić information content (AvgIpc) is 2.28. The fraction of sp³-hybridized carbons (Fsp3) is 1.00. The fourth-order valence-electron chi connectivity index (χ4n) is 1.64. The number of methoxy groups -OCH3 is 1. The molecule has 0 aliphatic carbocycles. The second-order valence-corrected chi connectivity index (χ2v) is 6.25. The van der Waals surface area contributed by atoms with E-state index in [0.29, 0.717) is 39.1 Å². The van der Waals surface area contributed by atoms with Crippen molar-refractivity contribution in [3.05, 3.63) is 0 Å². The summed E-state index contributed by atoms with van der Waals surface area (Å²) in [4.78, 5) is 0. The summed E-state index contributed by atoms with van der Waals surface area (Å²) >= 11 is 0. The van der Waals surface area contributed by atoms with Crippen LogP contribution in [0.4, 0.5) is 0 Å². The van der Waals surface area contributed by atoms with Crippen molar-refractivity contribution < 1.29 is 23.0 Å².